The summed E-state index contributed by atoms with van der Waals surface area (Å²) < 4.78 is 14.3. The lowest BCUT2D eigenvalue weighted by molar-refractivity contribution is 0.182. The van der Waals surface area contributed by atoms with Crippen LogP contribution >= 0.6 is 22.9 Å². The molecule has 0 amide bonds. The van der Waals surface area contributed by atoms with Crippen molar-refractivity contribution in [3.63, 3.8) is 0 Å². The zero-order valence-corrected chi connectivity index (χ0v) is 14.5. The van der Waals surface area contributed by atoms with E-state index in [1.54, 1.807) is 18.2 Å². The first-order valence-electron chi connectivity index (χ1n) is 7.32. The predicted octanol–water partition coefficient (Wildman–Crippen LogP) is 4.77. The van der Waals surface area contributed by atoms with Gasteiger partial charge >= 0.3 is 0 Å². The molecule has 2 heterocycles. The number of nitrogens with zero attached hydrogens (tertiary/aromatic N) is 1. The second-order valence-corrected chi connectivity index (χ2v) is 5.93. The highest BCUT2D eigenvalue weighted by Gasteiger charge is 2.14. The van der Waals surface area contributed by atoms with Gasteiger partial charge in [-0.25, -0.2) is 9.37 Å². The lowest BCUT2D eigenvalue weighted by Gasteiger charge is -2.10. The quantitative estimate of drug-likeness (QED) is 0.713. The fourth-order valence-corrected chi connectivity index (χ4v) is 3.35. The number of hydrogen-bond acceptors (Lipinski definition) is 4. The molecule has 3 aromatic rings. The van der Waals surface area contributed by atoms with E-state index >= 15 is 0 Å². The highest BCUT2D eigenvalue weighted by molar-refractivity contribution is 7.17. The summed E-state index contributed by atoms with van der Waals surface area (Å²) in [5.74, 6) is -0.256. The number of aromatic nitrogens is 1. The first-order chi connectivity index (χ1) is 11.1. The van der Waals surface area contributed by atoms with Crippen molar-refractivity contribution in [3.8, 4) is 11.3 Å². The molecule has 3 rings (SSSR count). The van der Waals surface area contributed by atoms with Crippen LogP contribution in [0.1, 0.15) is 25.6 Å². The van der Waals surface area contributed by atoms with E-state index in [1.165, 1.54) is 17.4 Å². The summed E-state index contributed by atoms with van der Waals surface area (Å²) >= 11 is 7.40. The van der Waals surface area contributed by atoms with Gasteiger partial charge in [-0.15, -0.1) is 11.3 Å². The number of benzene rings is 1. The SMILES string of the molecule is CC.NCC(O)c1cc(Cl)cc(-c2csc3c(F)cccc23)n1. The summed E-state index contributed by atoms with van der Waals surface area (Å²) in [5, 5.41) is 12.9. The fourth-order valence-electron chi connectivity index (χ4n) is 2.17. The monoisotopic (exact) mass is 352 g/mol. The molecule has 3 N–H and O–H groups in total. The minimum Gasteiger partial charge on any atom is -0.385 e. The molecular formula is C17H18ClFN2OS. The Labute approximate surface area is 143 Å². The van der Waals surface area contributed by atoms with Crippen LogP contribution in [0.25, 0.3) is 21.3 Å². The molecule has 0 aliphatic rings. The van der Waals surface area contributed by atoms with E-state index in [1.807, 2.05) is 25.3 Å². The number of fused-ring (bicyclic) bond motifs is 1. The molecule has 0 radical (unpaired) electrons. The molecule has 3 nitrogen and oxygen atoms in total. The van der Waals surface area contributed by atoms with Crippen molar-refractivity contribution in [3.05, 3.63) is 52.2 Å². The minimum atomic E-state index is -0.871. The maximum absolute atomic E-state index is 13.8. The largest absolute Gasteiger partial charge is 0.385 e. The van der Waals surface area contributed by atoms with Crippen molar-refractivity contribution >= 4 is 33.0 Å². The first kappa shape index (κ1) is 17.8. The van der Waals surface area contributed by atoms with Crippen LogP contribution in [-0.2, 0) is 0 Å². The third-order valence-electron chi connectivity index (χ3n) is 3.20. The molecule has 2 aromatic heterocycles. The van der Waals surface area contributed by atoms with Crippen LogP contribution in [0.15, 0.2) is 35.7 Å². The van der Waals surface area contributed by atoms with Crippen LogP contribution in [0.5, 0.6) is 0 Å². The zero-order chi connectivity index (χ0) is 17.0. The van der Waals surface area contributed by atoms with Crippen molar-refractivity contribution in [1.29, 1.82) is 0 Å². The van der Waals surface area contributed by atoms with Gasteiger partial charge in [0.15, 0.2) is 0 Å². The van der Waals surface area contributed by atoms with Crippen LogP contribution in [0.4, 0.5) is 4.39 Å². The third kappa shape index (κ3) is 3.70. The molecule has 0 spiro atoms. The molecule has 0 saturated heterocycles. The lowest BCUT2D eigenvalue weighted by atomic mass is 10.1. The van der Waals surface area contributed by atoms with Crippen LogP contribution in [0.3, 0.4) is 0 Å². The Balaban J connectivity index is 0.000000924. The highest BCUT2D eigenvalue weighted by atomic mass is 35.5. The van der Waals surface area contributed by atoms with Gasteiger partial charge in [0.05, 0.1) is 16.1 Å². The number of halogens is 2. The summed E-state index contributed by atoms with van der Waals surface area (Å²) in [7, 11) is 0. The Morgan fingerprint density at radius 2 is 2.09 bits per heavy atom. The zero-order valence-electron chi connectivity index (χ0n) is 12.9. The molecule has 23 heavy (non-hydrogen) atoms. The van der Waals surface area contributed by atoms with E-state index in [4.69, 9.17) is 17.3 Å². The number of hydrogen-bond donors (Lipinski definition) is 2. The molecular weight excluding hydrogens is 335 g/mol. The Kier molecular flexibility index (Phi) is 6.07. The molecule has 1 aromatic carbocycles. The van der Waals surface area contributed by atoms with Gasteiger partial charge in [-0.05, 0) is 18.2 Å². The van der Waals surface area contributed by atoms with Gasteiger partial charge in [-0.1, -0.05) is 37.6 Å². The maximum Gasteiger partial charge on any atom is 0.141 e. The van der Waals surface area contributed by atoms with Crippen LogP contribution in [0, 0.1) is 5.82 Å². The van der Waals surface area contributed by atoms with Gasteiger partial charge in [0.2, 0.25) is 0 Å². The smallest absolute Gasteiger partial charge is 0.141 e. The van der Waals surface area contributed by atoms with Crippen molar-refractivity contribution in [1.82, 2.24) is 4.98 Å². The number of aliphatic hydroxyl groups excluding tert-OH is 1. The van der Waals surface area contributed by atoms with Gasteiger partial charge < -0.3 is 10.8 Å². The normalized spacial score (nSPS) is 11.9. The maximum atomic E-state index is 13.8. The number of pyridine rings is 1. The summed E-state index contributed by atoms with van der Waals surface area (Å²) in [6.07, 6.45) is -0.871. The van der Waals surface area contributed by atoms with Crippen LogP contribution in [-0.4, -0.2) is 16.6 Å². The van der Waals surface area contributed by atoms with Crippen LogP contribution < -0.4 is 5.73 Å². The number of thiophene rings is 1. The van der Waals surface area contributed by atoms with Gasteiger partial charge in [0.25, 0.3) is 0 Å². The Morgan fingerprint density at radius 1 is 1.35 bits per heavy atom. The van der Waals surface area contributed by atoms with Crippen molar-refractivity contribution in [2.75, 3.05) is 6.54 Å². The second kappa shape index (κ2) is 7.84. The van der Waals surface area contributed by atoms with Crippen molar-refractivity contribution in [2.24, 2.45) is 5.73 Å². The van der Waals surface area contributed by atoms with E-state index in [-0.39, 0.29) is 12.4 Å². The van der Waals surface area contributed by atoms with E-state index < -0.39 is 6.10 Å². The third-order valence-corrected chi connectivity index (χ3v) is 4.42. The van der Waals surface area contributed by atoms with Gasteiger partial charge in [-0.2, -0.15) is 0 Å². The number of aliphatic hydroxyl groups is 1. The predicted molar refractivity (Wildman–Crippen MR) is 95.4 cm³/mol. The Bertz CT molecular complexity index is 806. The Hall–Kier alpha value is -1.53. The van der Waals surface area contributed by atoms with Gasteiger partial charge in [-0.3, -0.25) is 0 Å². The Morgan fingerprint density at radius 3 is 2.78 bits per heavy atom. The molecule has 0 aliphatic heterocycles. The second-order valence-electron chi connectivity index (χ2n) is 4.61. The minimum absolute atomic E-state index is 0.0613. The number of nitrogens with two attached hydrogens (primary N) is 1. The molecule has 1 atom stereocenters. The summed E-state index contributed by atoms with van der Waals surface area (Å²) in [6.45, 7) is 4.06. The molecule has 0 saturated carbocycles. The average Bonchev–Trinajstić information content (AvgIpc) is 3.01. The van der Waals surface area contributed by atoms with E-state index in [0.717, 1.165) is 10.9 Å². The van der Waals surface area contributed by atoms with Crippen molar-refractivity contribution in [2.45, 2.75) is 20.0 Å². The molecule has 122 valence electrons. The molecule has 0 fully saturated rings. The molecule has 0 bridgehead atoms. The average molecular weight is 353 g/mol. The molecule has 0 aliphatic carbocycles. The van der Waals surface area contributed by atoms with Gasteiger partial charge in [0, 0.05) is 27.9 Å². The fraction of sp³-hybridized carbons (Fsp3) is 0.235. The highest BCUT2D eigenvalue weighted by Crippen LogP contribution is 2.35. The first-order valence-corrected chi connectivity index (χ1v) is 8.57. The summed E-state index contributed by atoms with van der Waals surface area (Å²) in [5.41, 5.74) is 7.26. The standard InChI is InChI=1S/C15H12ClFN2OS.C2H6/c16-8-4-12(19-13(5-8)14(20)6-18)10-7-21-15-9(10)2-1-3-11(15)17;1-2/h1-5,7,14,20H,6,18H2;1-2H3. The van der Waals surface area contributed by atoms with Gasteiger partial charge in [0.1, 0.15) is 11.9 Å². The molecule has 6 heteroatoms. The topological polar surface area (TPSA) is 59.1 Å². The lowest BCUT2D eigenvalue weighted by Crippen LogP contribution is -2.13. The van der Waals surface area contributed by atoms with E-state index in [0.29, 0.717) is 21.1 Å². The number of rotatable bonds is 3. The van der Waals surface area contributed by atoms with Crippen LogP contribution in [0.2, 0.25) is 5.02 Å². The molecule has 1 unspecified atom stereocenters. The van der Waals surface area contributed by atoms with Crippen molar-refractivity contribution < 1.29 is 9.50 Å². The summed E-state index contributed by atoms with van der Waals surface area (Å²) in [6, 6.07) is 8.20. The summed E-state index contributed by atoms with van der Waals surface area (Å²) in [4.78, 5) is 4.40. The van der Waals surface area contributed by atoms with E-state index in [9.17, 15) is 9.50 Å². The van der Waals surface area contributed by atoms with E-state index in [2.05, 4.69) is 4.98 Å².